The van der Waals surface area contributed by atoms with Crippen LogP contribution in [0.5, 0.6) is 0 Å². The van der Waals surface area contributed by atoms with E-state index in [2.05, 4.69) is 9.61 Å². The molecule has 1 rings (SSSR count). The van der Waals surface area contributed by atoms with E-state index in [4.69, 9.17) is 9.79 Å². The van der Waals surface area contributed by atoms with Crippen LogP contribution in [0.1, 0.15) is 0 Å². The quantitative estimate of drug-likeness (QED) is 0.464. The Morgan fingerprint density at radius 2 is 2.18 bits per heavy atom. The van der Waals surface area contributed by atoms with Gasteiger partial charge in [-0.15, -0.1) is 0 Å². The van der Waals surface area contributed by atoms with Crippen molar-refractivity contribution in [3.63, 3.8) is 0 Å². The van der Waals surface area contributed by atoms with E-state index in [1.165, 1.54) is 12.4 Å². The van der Waals surface area contributed by atoms with Gasteiger partial charge in [-0.3, -0.25) is 9.79 Å². The summed E-state index contributed by atoms with van der Waals surface area (Å²) in [5.41, 5.74) is 0. The number of hydrogen-bond acceptors (Lipinski definition) is 3. The van der Waals surface area contributed by atoms with E-state index >= 15 is 0 Å². The van der Waals surface area contributed by atoms with Crippen LogP contribution in [0.4, 0.5) is 0 Å². The molecule has 0 aliphatic heterocycles. The number of rotatable bonds is 2. The van der Waals surface area contributed by atoms with E-state index in [-0.39, 0.29) is 51.4 Å². The van der Waals surface area contributed by atoms with Crippen LogP contribution in [0.3, 0.4) is 0 Å². The van der Waals surface area contributed by atoms with Gasteiger partial charge in [-0.05, 0) is 0 Å². The van der Waals surface area contributed by atoms with Crippen molar-refractivity contribution < 1.29 is 19.0 Å². The second kappa shape index (κ2) is 4.73. The Balaban J connectivity index is 0.000001000. The molecule has 2 N–H and O–H groups in total. The number of phosphoric acid groups is 1. The second-order valence-corrected chi connectivity index (χ2v) is 2.64. The van der Waals surface area contributed by atoms with Crippen molar-refractivity contribution in [2.45, 2.75) is 0 Å². The molecule has 58 valence electrons. The van der Waals surface area contributed by atoms with Gasteiger partial charge in [-0.2, -0.15) is 4.73 Å². The number of hydrogen-bond donors (Lipinski definition) is 2. The van der Waals surface area contributed by atoms with E-state index in [1.54, 1.807) is 0 Å². The summed E-state index contributed by atoms with van der Waals surface area (Å²) in [5, 5.41) is 0. The molecule has 0 fully saturated rings. The Labute approximate surface area is 105 Å². The van der Waals surface area contributed by atoms with Crippen LogP contribution in [0.15, 0.2) is 18.7 Å². The second-order valence-electron chi connectivity index (χ2n) is 1.49. The van der Waals surface area contributed by atoms with Crippen molar-refractivity contribution in [2.24, 2.45) is 0 Å². The van der Waals surface area contributed by atoms with Crippen LogP contribution >= 0.6 is 7.82 Å². The van der Waals surface area contributed by atoms with Gasteiger partial charge in [-0.1, -0.05) is 0 Å². The molecule has 0 unspecified atom stereocenters. The fourth-order valence-corrected chi connectivity index (χ4v) is 0.760. The standard InChI is InChI=1S/C3H5N2O4P.K.H/c6-10(7,8)9-5-2-1-4-3-5;;/h1-3H,(H2,6,7,8);;. The molecule has 0 aliphatic rings. The van der Waals surface area contributed by atoms with Crippen molar-refractivity contribution in [1.82, 2.24) is 9.71 Å². The van der Waals surface area contributed by atoms with E-state index in [0.29, 0.717) is 0 Å². The first kappa shape index (κ1) is 11.8. The Morgan fingerprint density at radius 3 is 2.55 bits per heavy atom. The van der Waals surface area contributed by atoms with Crippen LogP contribution in [-0.2, 0) is 4.57 Å². The third-order valence-corrected chi connectivity index (χ3v) is 1.08. The van der Waals surface area contributed by atoms with Gasteiger partial charge in [0.05, 0.1) is 6.20 Å². The fraction of sp³-hybridized carbons (Fsp3) is 0. The SMILES string of the molecule is O=P(O)(O)On1ccnc1.[KH]. The monoisotopic (exact) mass is 204 g/mol. The zero-order chi connectivity index (χ0) is 7.61. The van der Waals surface area contributed by atoms with Crippen molar-refractivity contribution in [1.29, 1.82) is 0 Å². The molecule has 8 heteroatoms. The van der Waals surface area contributed by atoms with Gasteiger partial charge in [0.2, 0.25) is 0 Å². The zero-order valence-electron chi connectivity index (χ0n) is 4.78. The Hall–Kier alpha value is 0.796. The first-order valence-electron chi connectivity index (χ1n) is 2.31. The van der Waals surface area contributed by atoms with Crippen LogP contribution < -0.4 is 4.62 Å². The molecule has 0 aliphatic carbocycles. The predicted molar refractivity (Wildman–Crippen MR) is 38.0 cm³/mol. The molecule has 0 radical (unpaired) electrons. The zero-order valence-corrected chi connectivity index (χ0v) is 5.68. The first-order chi connectivity index (χ1) is 4.58. The summed E-state index contributed by atoms with van der Waals surface area (Å²) in [6, 6.07) is 0. The third kappa shape index (κ3) is 5.10. The van der Waals surface area contributed by atoms with Crippen LogP contribution in [0.2, 0.25) is 0 Å². The number of nitrogens with zero attached hydrogens (tertiary/aromatic N) is 2. The molecule has 0 saturated carbocycles. The van der Waals surface area contributed by atoms with Crippen molar-refractivity contribution in [2.75, 3.05) is 0 Å². The Bertz CT molecular complexity index is 244. The minimum atomic E-state index is -4.43. The summed E-state index contributed by atoms with van der Waals surface area (Å²) in [6.07, 6.45) is 3.76. The normalized spacial score (nSPS) is 10.4. The first-order valence-corrected chi connectivity index (χ1v) is 3.84. The van der Waals surface area contributed by atoms with Crippen LogP contribution in [0, 0.1) is 0 Å². The summed E-state index contributed by atoms with van der Waals surface area (Å²) in [6.45, 7) is 0. The van der Waals surface area contributed by atoms with Gasteiger partial charge in [0, 0.05) is 6.20 Å². The number of imidazole rings is 1. The third-order valence-electron chi connectivity index (χ3n) is 0.681. The molecule has 0 spiro atoms. The predicted octanol–water partition coefficient (Wildman–Crippen LogP) is -1.24. The molecule has 0 aromatic carbocycles. The maximum absolute atomic E-state index is 10.1. The van der Waals surface area contributed by atoms with E-state index in [1.807, 2.05) is 0 Å². The summed E-state index contributed by atoms with van der Waals surface area (Å²) in [4.78, 5) is 20.0. The summed E-state index contributed by atoms with van der Waals surface area (Å²) < 4.78 is 15.0. The molecule has 0 saturated heterocycles. The van der Waals surface area contributed by atoms with E-state index in [0.717, 1.165) is 11.1 Å². The Morgan fingerprint density at radius 1 is 1.55 bits per heavy atom. The maximum atomic E-state index is 10.1. The van der Waals surface area contributed by atoms with Gasteiger partial charge in [0.25, 0.3) is 0 Å². The molecule has 0 atom stereocenters. The van der Waals surface area contributed by atoms with Crippen LogP contribution in [0.25, 0.3) is 0 Å². The van der Waals surface area contributed by atoms with Gasteiger partial charge in [-0.25, -0.2) is 9.55 Å². The molecule has 1 heterocycles. The number of aromatic nitrogens is 2. The molecule has 0 amide bonds. The van der Waals surface area contributed by atoms with Gasteiger partial charge >= 0.3 is 59.2 Å². The molecule has 1 aromatic rings. The summed E-state index contributed by atoms with van der Waals surface area (Å²) in [5.74, 6) is 0. The van der Waals surface area contributed by atoms with Crippen molar-refractivity contribution >= 4 is 59.2 Å². The molecular weight excluding hydrogens is 198 g/mol. The average molecular weight is 204 g/mol. The molecule has 11 heavy (non-hydrogen) atoms. The minimum absolute atomic E-state index is 0. The van der Waals surface area contributed by atoms with Gasteiger partial charge in [0.15, 0.2) is 0 Å². The van der Waals surface area contributed by atoms with Crippen molar-refractivity contribution in [3.8, 4) is 0 Å². The molecule has 0 bridgehead atoms. The van der Waals surface area contributed by atoms with E-state index in [9.17, 15) is 4.57 Å². The van der Waals surface area contributed by atoms with Crippen LogP contribution in [-0.4, -0.2) is 70.9 Å². The van der Waals surface area contributed by atoms with Gasteiger partial charge < -0.3 is 4.62 Å². The van der Waals surface area contributed by atoms with Crippen molar-refractivity contribution in [3.05, 3.63) is 18.7 Å². The summed E-state index contributed by atoms with van der Waals surface area (Å²) in [7, 11) is -4.43. The van der Waals surface area contributed by atoms with Gasteiger partial charge in [0.1, 0.15) is 6.33 Å². The topological polar surface area (TPSA) is 84.6 Å². The molecule has 6 nitrogen and oxygen atoms in total. The average Bonchev–Trinajstić information content (AvgIpc) is 2.12. The molecule has 1 aromatic heterocycles. The Kier molecular flexibility index (Phi) is 5.08. The summed E-state index contributed by atoms with van der Waals surface area (Å²) >= 11 is 0. The van der Waals surface area contributed by atoms with E-state index < -0.39 is 7.82 Å². The fourth-order valence-electron chi connectivity index (χ4n) is 0.418. The molecular formula is C3H6KN2O4P.